The van der Waals surface area contributed by atoms with Gasteiger partial charge in [-0.05, 0) is 39.3 Å². The van der Waals surface area contributed by atoms with Crippen LogP contribution in [0.1, 0.15) is 30.7 Å². The number of hydrogen-bond donors (Lipinski definition) is 1. The van der Waals surface area contributed by atoms with Gasteiger partial charge in [0.2, 0.25) is 0 Å². The number of ether oxygens (including phenoxy) is 1. The number of nitrogens with zero attached hydrogens (tertiary/aromatic N) is 2. The van der Waals surface area contributed by atoms with Crippen LogP contribution in [0, 0.1) is 13.8 Å². The van der Waals surface area contributed by atoms with E-state index in [9.17, 15) is 0 Å². The largest absolute Gasteiger partial charge is 0.389 e. The zero-order chi connectivity index (χ0) is 14.6. The number of nitrogens with two attached hydrogens (primary N) is 1. The van der Waals surface area contributed by atoms with Crippen molar-refractivity contribution in [1.82, 2.24) is 4.98 Å². The van der Waals surface area contributed by atoms with Gasteiger partial charge in [0.25, 0.3) is 0 Å². The number of anilines is 1. The summed E-state index contributed by atoms with van der Waals surface area (Å²) in [6.45, 7) is 9.66. The normalized spacial score (nSPS) is 12.3. The summed E-state index contributed by atoms with van der Waals surface area (Å²) in [5, 5.41) is 0. The Morgan fingerprint density at radius 3 is 2.63 bits per heavy atom. The Morgan fingerprint density at radius 2 is 2.16 bits per heavy atom. The minimum atomic E-state index is 0.219. The fourth-order valence-electron chi connectivity index (χ4n) is 2.33. The molecule has 0 aliphatic heterocycles. The van der Waals surface area contributed by atoms with E-state index in [4.69, 9.17) is 22.7 Å². The van der Waals surface area contributed by atoms with Crippen molar-refractivity contribution in [2.45, 2.75) is 33.7 Å². The summed E-state index contributed by atoms with van der Waals surface area (Å²) in [6.07, 6.45) is 0. The highest BCUT2D eigenvalue weighted by Gasteiger charge is 2.20. The molecule has 19 heavy (non-hydrogen) atoms. The van der Waals surface area contributed by atoms with E-state index in [1.54, 1.807) is 7.11 Å². The first-order chi connectivity index (χ1) is 8.92. The van der Waals surface area contributed by atoms with E-state index < -0.39 is 0 Å². The van der Waals surface area contributed by atoms with Crippen molar-refractivity contribution < 1.29 is 4.74 Å². The Kier molecular flexibility index (Phi) is 5.69. The Morgan fingerprint density at radius 1 is 1.53 bits per heavy atom. The molecule has 0 saturated heterocycles. The molecule has 0 amide bonds. The van der Waals surface area contributed by atoms with Crippen molar-refractivity contribution >= 4 is 23.0 Å². The summed E-state index contributed by atoms with van der Waals surface area (Å²) in [7, 11) is 1.70. The molecule has 1 rings (SSSR count). The van der Waals surface area contributed by atoms with Crippen LogP contribution in [0.5, 0.6) is 0 Å². The summed E-state index contributed by atoms with van der Waals surface area (Å²) in [5.41, 5.74) is 8.77. The van der Waals surface area contributed by atoms with Crippen LogP contribution in [-0.4, -0.2) is 36.3 Å². The number of likely N-dealkylation sites (N-methyl/N-ethyl adjacent to an activating group) is 1. The Labute approximate surface area is 121 Å². The summed E-state index contributed by atoms with van der Waals surface area (Å²) in [6, 6.07) is 2.23. The van der Waals surface area contributed by atoms with Crippen LogP contribution in [0.15, 0.2) is 6.07 Å². The van der Waals surface area contributed by atoms with Crippen molar-refractivity contribution in [3.63, 3.8) is 0 Å². The number of aryl methyl sites for hydroxylation is 2. The highest BCUT2D eigenvalue weighted by atomic mass is 32.1. The lowest BCUT2D eigenvalue weighted by Gasteiger charge is -2.31. The molecule has 0 aromatic carbocycles. The van der Waals surface area contributed by atoms with Gasteiger partial charge in [-0.1, -0.05) is 12.2 Å². The quantitative estimate of drug-likeness (QED) is 0.810. The molecule has 0 fully saturated rings. The van der Waals surface area contributed by atoms with E-state index in [-0.39, 0.29) is 6.04 Å². The van der Waals surface area contributed by atoms with E-state index in [1.165, 1.54) is 0 Å². The smallest absolute Gasteiger partial charge is 0.139 e. The van der Waals surface area contributed by atoms with Crippen LogP contribution < -0.4 is 10.6 Å². The molecule has 1 heterocycles. The number of thiocarbonyl (C=S) groups is 1. The second kappa shape index (κ2) is 6.82. The number of rotatable bonds is 6. The number of methoxy groups -OCH3 is 1. The van der Waals surface area contributed by atoms with Gasteiger partial charge >= 0.3 is 0 Å². The molecular formula is C14H23N3OS. The van der Waals surface area contributed by atoms with Crippen molar-refractivity contribution in [3.8, 4) is 0 Å². The first kappa shape index (κ1) is 15.9. The first-order valence-corrected chi connectivity index (χ1v) is 6.86. The molecule has 0 aliphatic rings. The monoisotopic (exact) mass is 281 g/mol. The van der Waals surface area contributed by atoms with E-state index in [2.05, 4.69) is 23.7 Å². The van der Waals surface area contributed by atoms with Gasteiger partial charge in [-0.3, -0.25) is 0 Å². The lowest BCUT2D eigenvalue weighted by molar-refractivity contribution is 0.181. The van der Waals surface area contributed by atoms with E-state index in [0.717, 1.165) is 29.2 Å². The van der Waals surface area contributed by atoms with Crippen molar-refractivity contribution in [3.05, 3.63) is 22.9 Å². The minimum absolute atomic E-state index is 0.219. The molecule has 5 heteroatoms. The van der Waals surface area contributed by atoms with Crippen molar-refractivity contribution in [2.24, 2.45) is 5.73 Å². The highest BCUT2D eigenvalue weighted by Crippen LogP contribution is 2.24. The van der Waals surface area contributed by atoms with E-state index in [1.807, 2.05) is 19.9 Å². The fraction of sp³-hybridized carbons (Fsp3) is 0.571. The molecule has 0 spiro atoms. The van der Waals surface area contributed by atoms with Crippen LogP contribution in [0.2, 0.25) is 0 Å². The molecule has 0 radical (unpaired) electrons. The lowest BCUT2D eigenvalue weighted by Crippen LogP contribution is -2.38. The van der Waals surface area contributed by atoms with Gasteiger partial charge in [0.1, 0.15) is 10.8 Å². The molecule has 4 nitrogen and oxygen atoms in total. The highest BCUT2D eigenvalue weighted by molar-refractivity contribution is 7.80. The molecule has 1 unspecified atom stereocenters. The second-order valence-electron chi connectivity index (χ2n) is 4.73. The summed E-state index contributed by atoms with van der Waals surface area (Å²) in [5.74, 6) is 0.858. The van der Waals surface area contributed by atoms with E-state index >= 15 is 0 Å². The van der Waals surface area contributed by atoms with Crippen molar-refractivity contribution in [1.29, 1.82) is 0 Å². The maximum absolute atomic E-state index is 5.87. The average Bonchev–Trinajstić information content (AvgIpc) is 2.28. The van der Waals surface area contributed by atoms with Crippen LogP contribution >= 0.6 is 12.2 Å². The number of hydrogen-bond acceptors (Lipinski definition) is 4. The molecule has 106 valence electrons. The molecular weight excluding hydrogens is 258 g/mol. The molecule has 1 aromatic heterocycles. The molecule has 0 bridgehead atoms. The molecule has 1 atom stereocenters. The Balaban J connectivity index is 3.33. The van der Waals surface area contributed by atoms with Gasteiger partial charge < -0.3 is 15.4 Å². The predicted molar refractivity (Wildman–Crippen MR) is 84.0 cm³/mol. The van der Waals surface area contributed by atoms with Crippen LogP contribution in [0.3, 0.4) is 0 Å². The van der Waals surface area contributed by atoms with Gasteiger partial charge in [0.05, 0.1) is 18.2 Å². The standard InChI is InChI=1S/C14H23N3OS/c1-6-17(11(4)8-18-5)14-12(13(15)19)9(2)7-10(3)16-14/h7,11H,6,8H2,1-5H3,(H2,15,19). The van der Waals surface area contributed by atoms with Gasteiger partial charge in [-0.25, -0.2) is 4.98 Å². The number of pyridine rings is 1. The third-order valence-corrected chi connectivity index (χ3v) is 3.33. The number of aromatic nitrogens is 1. The summed E-state index contributed by atoms with van der Waals surface area (Å²) in [4.78, 5) is 7.20. The zero-order valence-corrected chi connectivity index (χ0v) is 13.2. The van der Waals surface area contributed by atoms with Gasteiger partial charge in [-0.15, -0.1) is 0 Å². The minimum Gasteiger partial charge on any atom is -0.389 e. The predicted octanol–water partition coefficient (Wildman–Crippen LogP) is 2.19. The Hall–Kier alpha value is -1.20. The maximum Gasteiger partial charge on any atom is 0.139 e. The summed E-state index contributed by atoms with van der Waals surface area (Å²) >= 11 is 5.18. The Bertz CT molecular complexity index is 462. The summed E-state index contributed by atoms with van der Waals surface area (Å²) < 4.78 is 5.24. The van der Waals surface area contributed by atoms with Crippen molar-refractivity contribution in [2.75, 3.05) is 25.2 Å². The van der Waals surface area contributed by atoms with Gasteiger partial charge in [0.15, 0.2) is 0 Å². The third-order valence-electron chi connectivity index (χ3n) is 3.12. The molecule has 0 saturated carbocycles. The molecule has 0 aliphatic carbocycles. The van der Waals surface area contributed by atoms with E-state index in [0.29, 0.717) is 11.6 Å². The van der Waals surface area contributed by atoms with Crippen LogP contribution in [0.25, 0.3) is 0 Å². The molecule has 2 N–H and O–H groups in total. The van der Waals surface area contributed by atoms with Gasteiger partial charge in [0, 0.05) is 19.3 Å². The maximum atomic E-state index is 5.87. The van der Waals surface area contributed by atoms with Gasteiger partial charge in [-0.2, -0.15) is 0 Å². The SMILES string of the molecule is CCN(c1nc(C)cc(C)c1C(N)=S)C(C)COC. The lowest BCUT2D eigenvalue weighted by atomic mass is 10.1. The topological polar surface area (TPSA) is 51.4 Å². The molecule has 1 aromatic rings. The fourth-order valence-corrected chi connectivity index (χ4v) is 2.58. The van der Waals surface area contributed by atoms with Crippen LogP contribution in [-0.2, 0) is 4.74 Å². The zero-order valence-electron chi connectivity index (χ0n) is 12.4. The second-order valence-corrected chi connectivity index (χ2v) is 5.17. The van der Waals surface area contributed by atoms with Crippen LogP contribution in [0.4, 0.5) is 5.82 Å². The first-order valence-electron chi connectivity index (χ1n) is 6.46. The third kappa shape index (κ3) is 3.64. The average molecular weight is 281 g/mol.